The summed E-state index contributed by atoms with van der Waals surface area (Å²) in [6, 6.07) is 4.22. The highest BCUT2D eigenvalue weighted by molar-refractivity contribution is 5.41. The Morgan fingerprint density at radius 3 is 2.85 bits per heavy atom. The first-order valence-electron chi connectivity index (χ1n) is 7.52. The molecule has 4 heteroatoms. The van der Waals surface area contributed by atoms with Crippen LogP contribution in [0.5, 0.6) is 0 Å². The zero-order chi connectivity index (χ0) is 13.8. The molecular weight excluding hydrogens is 250 g/mol. The molecule has 1 fully saturated rings. The lowest BCUT2D eigenvalue weighted by molar-refractivity contribution is 0.0766. The van der Waals surface area contributed by atoms with E-state index in [9.17, 15) is 0 Å². The van der Waals surface area contributed by atoms with Crippen LogP contribution in [0.2, 0.25) is 0 Å². The van der Waals surface area contributed by atoms with E-state index >= 15 is 0 Å². The van der Waals surface area contributed by atoms with Gasteiger partial charge in [-0.15, -0.1) is 0 Å². The molecule has 20 heavy (non-hydrogen) atoms. The maximum absolute atomic E-state index is 5.66. The zero-order valence-electron chi connectivity index (χ0n) is 12.2. The number of aryl methyl sites for hydroxylation is 1. The van der Waals surface area contributed by atoms with E-state index in [2.05, 4.69) is 33.8 Å². The minimum atomic E-state index is 0.378. The maximum Gasteiger partial charge on any atom is 0.128 e. The third-order valence-corrected chi connectivity index (χ3v) is 4.08. The lowest BCUT2D eigenvalue weighted by Gasteiger charge is -2.37. The number of anilines is 1. The quantitative estimate of drug-likeness (QED) is 0.844. The van der Waals surface area contributed by atoms with Gasteiger partial charge >= 0.3 is 0 Å². The molecule has 1 aromatic rings. The number of rotatable bonds is 3. The van der Waals surface area contributed by atoms with Crippen molar-refractivity contribution in [2.45, 2.75) is 25.9 Å². The number of allylic oxidation sites excluding steroid dienone is 1. The van der Waals surface area contributed by atoms with Crippen LogP contribution in [0.3, 0.4) is 0 Å². The maximum atomic E-state index is 5.66. The molecule has 2 aliphatic heterocycles. The molecule has 3 rings (SSSR count). The number of hydrogen-bond donors (Lipinski definition) is 0. The van der Waals surface area contributed by atoms with Gasteiger partial charge in [0.15, 0.2) is 0 Å². The molecule has 0 aliphatic carbocycles. The minimum Gasteiger partial charge on any atom is -0.497 e. The second-order valence-electron chi connectivity index (χ2n) is 5.69. The van der Waals surface area contributed by atoms with Gasteiger partial charge in [-0.05, 0) is 43.5 Å². The van der Waals surface area contributed by atoms with Crippen molar-refractivity contribution in [2.24, 2.45) is 0 Å². The molecule has 0 radical (unpaired) electrons. The van der Waals surface area contributed by atoms with E-state index in [1.54, 1.807) is 0 Å². The topological polar surface area (TPSA) is 28.6 Å². The molecule has 1 atom stereocenters. The molecule has 3 heterocycles. The molecular formula is C16H23N3O. The third kappa shape index (κ3) is 3.31. The summed E-state index contributed by atoms with van der Waals surface area (Å²) in [5, 5.41) is 0. The number of hydrogen-bond acceptors (Lipinski definition) is 4. The Balaban J connectivity index is 1.50. The molecule has 0 unspecified atom stereocenters. The van der Waals surface area contributed by atoms with Gasteiger partial charge in [0.1, 0.15) is 11.9 Å². The summed E-state index contributed by atoms with van der Waals surface area (Å²) < 4.78 is 5.66. The van der Waals surface area contributed by atoms with E-state index in [1.807, 2.05) is 18.5 Å². The van der Waals surface area contributed by atoms with Crippen LogP contribution in [-0.4, -0.2) is 48.7 Å². The highest BCUT2D eigenvalue weighted by Gasteiger charge is 2.21. The molecule has 0 aromatic carbocycles. The van der Waals surface area contributed by atoms with Crippen molar-refractivity contribution in [3.05, 3.63) is 36.2 Å². The summed E-state index contributed by atoms with van der Waals surface area (Å²) >= 11 is 0. The van der Waals surface area contributed by atoms with Gasteiger partial charge in [0.25, 0.3) is 0 Å². The van der Waals surface area contributed by atoms with Crippen molar-refractivity contribution >= 4 is 5.82 Å². The fraction of sp³-hybridized carbons (Fsp3) is 0.562. The summed E-state index contributed by atoms with van der Waals surface area (Å²) in [7, 11) is 0. The number of pyridine rings is 1. The minimum absolute atomic E-state index is 0.378. The van der Waals surface area contributed by atoms with Crippen LogP contribution in [0, 0.1) is 6.92 Å². The number of ether oxygens (including phenoxy) is 1. The Hall–Kier alpha value is -1.55. The van der Waals surface area contributed by atoms with Crippen molar-refractivity contribution in [3.8, 4) is 0 Å². The highest BCUT2D eigenvalue weighted by atomic mass is 16.5. The highest BCUT2D eigenvalue weighted by Crippen LogP contribution is 2.17. The van der Waals surface area contributed by atoms with Crippen LogP contribution in [0.1, 0.15) is 18.4 Å². The third-order valence-electron chi connectivity index (χ3n) is 4.08. The molecule has 2 aliphatic rings. The Labute approximate surface area is 121 Å². The van der Waals surface area contributed by atoms with Crippen molar-refractivity contribution in [1.29, 1.82) is 0 Å². The summed E-state index contributed by atoms with van der Waals surface area (Å²) in [4.78, 5) is 9.37. The van der Waals surface area contributed by atoms with Crippen LogP contribution >= 0.6 is 0 Å². The average molecular weight is 273 g/mol. The van der Waals surface area contributed by atoms with E-state index in [1.165, 1.54) is 5.56 Å². The van der Waals surface area contributed by atoms with E-state index in [0.29, 0.717) is 6.10 Å². The van der Waals surface area contributed by atoms with Gasteiger partial charge in [0.2, 0.25) is 0 Å². The van der Waals surface area contributed by atoms with Crippen molar-refractivity contribution in [3.63, 3.8) is 0 Å². The second-order valence-corrected chi connectivity index (χ2v) is 5.69. The molecule has 0 spiro atoms. The number of aromatic nitrogens is 1. The monoisotopic (exact) mass is 273 g/mol. The Bertz CT molecular complexity index is 467. The first-order valence-corrected chi connectivity index (χ1v) is 7.52. The van der Waals surface area contributed by atoms with E-state index in [-0.39, 0.29) is 0 Å². The lowest BCUT2D eigenvalue weighted by Crippen LogP contribution is -2.49. The largest absolute Gasteiger partial charge is 0.497 e. The van der Waals surface area contributed by atoms with E-state index in [0.717, 1.165) is 51.4 Å². The molecule has 0 amide bonds. The first-order chi connectivity index (χ1) is 9.81. The van der Waals surface area contributed by atoms with Crippen LogP contribution in [0.25, 0.3) is 0 Å². The second kappa shape index (κ2) is 6.27. The summed E-state index contributed by atoms with van der Waals surface area (Å²) in [5.41, 5.74) is 1.28. The predicted molar refractivity (Wildman–Crippen MR) is 80.9 cm³/mol. The Kier molecular flexibility index (Phi) is 4.21. The van der Waals surface area contributed by atoms with Gasteiger partial charge < -0.3 is 9.64 Å². The van der Waals surface area contributed by atoms with E-state index < -0.39 is 0 Å². The standard InChI is InChI=1S/C16H23N3O/c1-14-5-6-17-16(12-14)19-9-7-18(8-10-19)13-15-4-2-3-11-20-15/h3,5-6,11-12,15H,2,4,7-10,13H2,1H3/t15-/m1/s1. The van der Waals surface area contributed by atoms with Crippen LogP contribution in [0.15, 0.2) is 30.7 Å². The van der Waals surface area contributed by atoms with Crippen molar-refractivity contribution in [2.75, 3.05) is 37.6 Å². The molecule has 0 saturated carbocycles. The summed E-state index contributed by atoms with van der Waals surface area (Å²) in [6.07, 6.45) is 8.55. The van der Waals surface area contributed by atoms with Crippen LogP contribution < -0.4 is 4.90 Å². The van der Waals surface area contributed by atoms with Gasteiger partial charge in [0, 0.05) is 38.9 Å². The normalized spacial score (nSPS) is 23.6. The van der Waals surface area contributed by atoms with Gasteiger partial charge in [-0.3, -0.25) is 4.90 Å². The fourth-order valence-corrected chi connectivity index (χ4v) is 2.86. The van der Waals surface area contributed by atoms with E-state index in [4.69, 9.17) is 4.74 Å². The van der Waals surface area contributed by atoms with Crippen LogP contribution in [0.4, 0.5) is 5.82 Å². The number of piperazine rings is 1. The fourth-order valence-electron chi connectivity index (χ4n) is 2.86. The SMILES string of the molecule is Cc1ccnc(N2CCN(C[C@H]3CCC=CO3)CC2)c1. The number of nitrogens with zero attached hydrogens (tertiary/aromatic N) is 3. The Morgan fingerprint density at radius 2 is 2.15 bits per heavy atom. The summed E-state index contributed by atoms with van der Waals surface area (Å²) in [5.74, 6) is 1.11. The molecule has 108 valence electrons. The van der Waals surface area contributed by atoms with Gasteiger partial charge in [0.05, 0.1) is 6.26 Å². The molecule has 0 bridgehead atoms. The van der Waals surface area contributed by atoms with Crippen molar-refractivity contribution < 1.29 is 4.74 Å². The van der Waals surface area contributed by atoms with Crippen LogP contribution in [-0.2, 0) is 4.74 Å². The van der Waals surface area contributed by atoms with Gasteiger partial charge in [-0.2, -0.15) is 0 Å². The smallest absolute Gasteiger partial charge is 0.128 e. The lowest BCUT2D eigenvalue weighted by atomic mass is 10.1. The molecule has 1 aromatic heterocycles. The van der Waals surface area contributed by atoms with Gasteiger partial charge in [-0.25, -0.2) is 4.98 Å². The zero-order valence-corrected chi connectivity index (χ0v) is 12.2. The predicted octanol–water partition coefficient (Wildman–Crippen LogP) is 2.20. The van der Waals surface area contributed by atoms with Gasteiger partial charge in [-0.1, -0.05) is 0 Å². The van der Waals surface area contributed by atoms with Crippen molar-refractivity contribution in [1.82, 2.24) is 9.88 Å². The summed E-state index contributed by atoms with van der Waals surface area (Å²) in [6.45, 7) is 7.48. The molecule has 4 nitrogen and oxygen atoms in total. The molecule has 0 N–H and O–H groups in total. The Morgan fingerprint density at radius 1 is 1.30 bits per heavy atom. The first kappa shape index (κ1) is 13.4. The average Bonchev–Trinajstić information content (AvgIpc) is 2.49. The molecule has 1 saturated heterocycles.